The Balaban J connectivity index is 1.50. The fourth-order valence-electron chi connectivity index (χ4n) is 3.41. The molecule has 0 unspecified atom stereocenters. The second kappa shape index (κ2) is 5.71. The average molecular weight is 283 g/mol. The highest BCUT2D eigenvalue weighted by atomic mass is 32.2. The lowest BCUT2D eigenvalue weighted by molar-refractivity contribution is -0.122. The molecule has 0 radical (unpaired) electrons. The maximum Gasteiger partial charge on any atom is 0.282 e. The maximum absolute atomic E-state index is 12.0. The summed E-state index contributed by atoms with van der Waals surface area (Å²) >= 11 is 1.31. The van der Waals surface area contributed by atoms with Gasteiger partial charge in [-0.15, -0.1) is 0 Å². The van der Waals surface area contributed by atoms with Crippen molar-refractivity contribution in [1.82, 2.24) is 15.1 Å². The molecule has 6 heteroatoms. The molecule has 19 heavy (non-hydrogen) atoms. The molecule has 1 N–H and O–H groups in total. The fraction of sp³-hybridized carbons (Fsp3) is 0.846. The van der Waals surface area contributed by atoms with Gasteiger partial charge in [0.15, 0.2) is 0 Å². The van der Waals surface area contributed by atoms with Crippen LogP contribution in [0.25, 0.3) is 0 Å². The van der Waals surface area contributed by atoms with Crippen LogP contribution < -0.4 is 5.32 Å². The van der Waals surface area contributed by atoms with Crippen LogP contribution in [0.15, 0.2) is 0 Å². The van der Waals surface area contributed by atoms with Crippen molar-refractivity contribution in [1.29, 1.82) is 0 Å². The molecule has 3 saturated heterocycles. The second-order valence-corrected chi connectivity index (χ2v) is 6.64. The molecule has 0 aromatic carbocycles. The van der Waals surface area contributed by atoms with Crippen molar-refractivity contribution in [3.63, 3.8) is 0 Å². The summed E-state index contributed by atoms with van der Waals surface area (Å²) in [5, 5.41) is 3.18. The van der Waals surface area contributed by atoms with Gasteiger partial charge in [0.05, 0.1) is 0 Å². The van der Waals surface area contributed by atoms with Crippen molar-refractivity contribution in [3.8, 4) is 0 Å². The van der Waals surface area contributed by atoms with Gasteiger partial charge in [-0.1, -0.05) is 18.2 Å². The van der Waals surface area contributed by atoms with E-state index in [4.69, 9.17) is 0 Å². The molecule has 0 aliphatic carbocycles. The summed E-state index contributed by atoms with van der Waals surface area (Å²) in [5.41, 5.74) is 0. The zero-order valence-corrected chi connectivity index (χ0v) is 12.0. The predicted molar refractivity (Wildman–Crippen MR) is 75.2 cm³/mol. The van der Waals surface area contributed by atoms with Crippen molar-refractivity contribution in [2.45, 2.75) is 37.8 Å². The van der Waals surface area contributed by atoms with E-state index in [9.17, 15) is 9.59 Å². The van der Waals surface area contributed by atoms with Crippen molar-refractivity contribution >= 4 is 22.9 Å². The first-order valence-electron chi connectivity index (χ1n) is 7.19. The minimum atomic E-state index is 0.00766. The molecular formula is C13H21N3O2S. The van der Waals surface area contributed by atoms with Crippen LogP contribution in [0.1, 0.15) is 25.7 Å². The highest BCUT2D eigenvalue weighted by Gasteiger charge is 2.36. The Labute approximate surface area is 118 Å². The van der Waals surface area contributed by atoms with Crippen molar-refractivity contribution in [3.05, 3.63) is 0 Å². The Hall–Kier alpha value is -0.750. The fourth-order valence-corrected chi connectivity index (χ4v) is 4.24. The number of hydrogen-bond donors (Lipinski definition) is 1. The van der Waals surface area contributed by atoms with E-state index in [-0.39, 0.29) is 23.7 Å². The van der Waals surface area contributed by atoms with Crippen LogP contribution in [0.4, 0.5) is 4.79 Å². The first-order chi connectivity index (χ1) is 9.24. The minimum Gasteiger partial charge on any atom is -0.350 e. The van der Waals surface area contributed by atoms with E-state index in [1.807, 2.05) is 0 Å². The Morgan fingerprint density at radius 2 is 2.16 bits per heavy atom. The number of carbonyl (C=O) groups excluding carboxylic acids is 2. The SMILES string of the molecule is O=C(CN1CCSC1=O)N[C@@H]1CCN2CCCC[C@H]12. The Morgan fingerprint density at radius 3 is 2.95 bits per heavy atom. The first kappa shape index (κ1) is 13.2. The number of nitrogens with zero attached hydrogens (tertiary/aromatic N) is 2. The number of fused-ring (bicyclic) bond motifs is 1. The normalized spacial score (nSPS) is 31.6. The van der Waals surface area contributed by atoms with Crippen LogP contribution >= 0.6 is 11.8 Å². The van der Waals surface area contributed by atoms with Gasteiger partial charge in [-0.2, -0.15) is 0 Å². The molecule has 3 heterocycles. The average Bonchev–Trinajstić information content (AvgIpc) is 2.98. The van der Waals surface area contributed by atoms with E-state index in [2.05, 4.69) is 10.2 Å². The van der Waals surface area contributed by atoms with Gasteiger partial charge in [0, 0.05) is 30.9 Å². The number of rotatable bonds is 3. The van der Waals surface area contributed by atoms with E-state index < -0.39 is 0 Å². The van der Waals surface area contributed by atoms with Gasteiger partial charge in [0.2, 0.25) is 5.91 Å². The summed E-state index contributed by atoms with van der Waals surface area (Å²) in [6.45, 7) is 3.22. The van der Waals surface area contributed by atoms with E-state index >= 15 is 0 Å². The van der Waals surface area contributed by atoms with Gasteiger partial charge < -0.3 is 10.2 Å². The molecule has 2 atom stereocenters. The summed E-state index contributed by atoms with van der Waals surface area (Å²) < 4.78 is 0. The molecule has 0 saturated carbocycles. The minimum absolute atomic E-state index is 0.00766. The van der Waals surface area contributed by atoms with Crippen LogP contribution in [0, 0.1) is 0 Å². The third kappa shape index (κ3) is 2.89. The molecule has 0 bridgehead atoms. The topological polar surface area (TPSA) is 52.7 Å². The molecule has 3 rings (SSSR count). The zero-order chi connectivity index (χ0) is 13.2. The summed E-state index contributed by atoms with van der Waals surface area (Å²) in [6, 6.07) is 0.819. The highest BCUT2D eigenvalue weighted by Crippen LogP contribution is 2.27. The van der Waals surface area contributed by atoms with Crippen LogP contribution in [-0.2, 0) is 4.79 Å². The quantitative estimate of drug-likeness (QED) is 0.836. The van der Waals surface area contributed by atoms with Crippen LogP contribution in [-0.4, -0.2) is 65.0 Å². The summed E-state index contributed by atoms with van der Waals surface area (Å²) in [4.78, 5) is 27.7. The van der Waals surface area contributed by atoms with E-state index in [1.54, 1.807) is 4.90 Å². The van der Waals surface area contributed by atoms with E-state index in [0.717, 1.165) is 18.7 Å². The molecular weight excluding hydrogens is 262 g/mol. The highest BCUT2D eigenvalue weighted by molar-refractivity contribution is 8.13. The molecule has 106 valence electrons. The molecule has 3 fully saturated rings. The molecule has 3 aliphatic rings. The lowest BCUT2D eigenvalue weighted by Gasteiger charge is -2.32. The predicted octanol–water partition coefficient (Wildman–Crippen LogP) is 0.898. The van der Waals surface area contributed by atoms with Gasteiger partial charge in [-0.05, 0) is 25.8 Å². The molecule has 0 aromatic heterocycles. The number of thioether (sulfide) groups is 1. The van der Waals surface area contributed by atoms with Crippen molar-refractivity contribution in [2.24, 2.45) is 0 Å². The molecule has 3 aliphatic heterocycles. The second-order valence-electron chi connectivity index (χ2n) is 5.60. The largest absolute Gasteiger partial charge is 0.350 e. The third-order valence-corrected chi connectivity index (χ3v) is 5.27. The smallest absolute Gasteiger partial charge is 0.282 e. The van der Waals surface area contributed by atoms with E-state index in [1.165, 1.54) is 37.6 Å². The number of amides is 2. The monoisotopic (exact) mass is 283 g/mol. The number of carbonyl (C=O) groups is 2. The molecule has 5 nitrogen and oxygen atoms in total. The number of piperidine rings is 1. The lowest BCUT2D eigenvalue weighted by atomic mass is 9.99. The maximum atomic E-state index is 12.0. The van der Waals surface area contributed by atoms with Gasteiger partial charge in [-0.3, -0.25) is 14.5 Å². The van der Waals surface area contributed by atoms with Gasteiger partial charge in [-0.25, -0.2) is 0 Å². The lowest BCUT2D eigenvalue weighted by Crippen LogP contribution is -2.49. The molecule has 0 spiro atoms. The number of hydrogen-bond acceptors (Lipinski definition) is 4. The van der Waals surface area contributed by atoms with Crippen molar-refractivity contribution in [2.75, 3.05) is 31.9 Å². The summed E-state index contributed by atoms with van der Waals surface area (Å²) in [7, 11) is 0. The standard InChI is InChI=1S/C13H21N3O2S/c17-12(9-16-7-8-19-13(16)18)14-10-4-6-15-5-2-1-3-11(10)15/h10-11H,1-9H2,(H,14,17)/t10-,11-/m1/s1. The summed E-state index contributed by atoms with van der Waals surface area (Å²) in [6.07, 6.45) is 4.81. The number of nitrogens with one attached hydrogen (secondary N) is 1. The molecule has 0 aromatic rings. The Bertz CT molecular complexity index is 377. The summed E-state index contributed by atoms with van der Waals surface area (Å²) in [5.74, 6) is 0.819. The van der Waals surface area contributed by atoms with Crippen molar-refractivity contribution < 1.29 is 9.59 Å². The van der Waals surface area contributed by atoms with Crippen LogP contribution in [0.2, 0.25) is 0 Å². The zero-order valence-electron chi connectivity index (χ0n) is 11.1. The van der Waals surface area contributed by atoms with Gasteiger partial charge in [0.25, 0.3) is 5.24 Å². The van der Waals surface area contributed by atoms with Gasteiger partial charge >= 0.3 is 0 Å². The first-order valence-corrected chi connectivity index (χ1v) is 8.18. The Kier molecular flexibility index (Phi) is 3.98. The molecule has 2 amide bonds. The van der Waals surface area contributed by atoms with Crippen LogP contribution in [0.5, 0.6) is 0 Å². The third-order valence-electron chi connectivity index (χ3n) is 4.38. The van der Waals surface area contributed by atoms with Crippen LogP contribution in [0.3, 0.4) is 0 Å². The Morgan fingerprint density at radius 1 is 1.26 bits per heavy atom. The van der Waals surface area contributed by atoms with E-state index in [0.29, 0.717) is 12.6 Å². The van der Waals surface area contributed by atoms with Gasteiger partial charge in [0.1, 0.15) is 6.54 Å².